The number of rotatable bonds is 10. The topological polar surface area (TPSA) is 83.6 Å². The van der Waals surface area contributed by atoms with Crippen LogP contribution in [0.4, 0.5) is 0 Å². The van der Waals surface area contributed by atoms with Crippen molar-refractivity contribution >= 4 is 24.1 Å². The van der Waals surface area contributed by atoms with Gasteiger partial charge in [0, 0.05) is 0 Å². The molecule has 1 aromatic carbocycles. The van der Waals surface area contributed by atoms with Crippen molar-refractivity contribution in [3.8, 4) is 0 Å². The summed E-state index contributed by atoms with van der Waals surface area (Å²) in [6, 6.07) is 4.00. The second-order valence-electron chi connectivity index (χ2n) is 8.83. The highest BCUT2D eigenvalue weighted by atomic mass is 16.2. The number of benzene rings is 1. The van der Waals surface area contributed by atoms with Crippen molar-refractivity contribution < 1.29 is 19.2 Å². The number of hydrogen-bond donors (Lipinski definition) is 1. The molecular formula is C25H38N2O4. The van der Waals surface area contributed by atoms with Crippen molar-refractivity contribution in [2.45, 2.75) is 86.1 Å². The maximum absolute atomic E-state index is 12.4. The number of aryl methyl sites for hydroxylation is 1. The fourth-order valence-corrected chi connectivity index (χ4v) is 3.72. The van der Waals surface area contributed by atoms with Crippen LogP contribution in [0.3, 0.4) is 0 Å². The van der Waals surface area contributed by atoms with Gasteiger partial charge in [-0.1, -0.05) is 78.4 Å². The Morgan fingerprint density at radius 1 is 0.968 bits per heavy atom. The minimum absolute atomic E-state index is 0.257. The number of nitrogens with zero attached hydrogens (tertiary/aromatic N) is 1. The second-order valence-corrected chi connectivity index (χ2v) is 8.83. The molecule has 1 N–H and O–H groups in total. The minimum Gasteiger partial charge on any atom is -0.297 e. The Bertz CT molecular complexity index is 773. The summed E-state index contributed by atoms with van der Waals surface area (Å²) >= 11 is 0. The van der Waals surface area contributed by atoms with E-state index in [9.17, 15) is 19.2 Å². The molecule has 31 heavy (non-hydrogen) atoms. The first-order chi connectivity index (χ1) is 14.7. The quantitative estimate of drug-likeness (QED) is 0.423. The fourth-order valence-electron chi connectivity index (χ4n) is 3.72. The van der Waals surface area contributed by atoms with E-state index in [1.807, 2.05) is 19.2 Å². The Morgan fingerprint density at radius 3 is 2.13 bits per heavy atom. The van der Waals surface area contributed by atoms with Crippen LogP contribution < -0.4 is 5.32 Å². The first kappa shape index (κ1) is 26.5. The second kappa shape index (κ2) is 13.0. The van der Waals surface area contributed by atoms with Gasteiger partial charge in [-0.3, -0.25) is 29.4 Å². The van der Waals surface area contributed by atoms with Crippen LogP contribution in [0.2, 0.25) is 0 Å². The predicted molar refractivity (Wildman–Crippen MR) is 123 cm³/mol. The number of imide groups is 2. The van der Waals surface area contributed by atoms with E-state index in [4.69, 9.17) is 0 Å². The van der Waals surface area contributed by atoms with Gasteiger partial charge >= 0.3 is 0 Å². The summed E-state index contributed by atoms with van der Waals surface area (Å²) in [6.45, 7) is 12.9. The average molecular weight is 431 g/mol. The molecule has 1 heterocycles. The molecular weight excluding hydrogens is 392 g/mol. The zero-order valence-corrected chi connectivity index (χ0v) is 19.9. The van der Waals surface area contributed by atoms with Crippen LogP contribution >= 0.6 is 0 Å². The third-order valence-electron chi connectivity index (χ3n) is 5.47. The zero-order chi connectivity index (χ0) is 23.6. The Labute approximate surface area is 186 Å². The number of amides is 4. The molecule has 0 saturated carbocycles. The van der Waals surface area contributed by atoms with Gasteiger partial charge in [-0.15, -0.1) is 0 Å². The first-order valence-corrected chi connectivity index (χ1v) is 11.4. The number of nitrogens with one attached hydrogen (secondary N) is 1. The van der Waals surface area contributed by atoms with Crippen LogP contribution in [-0.4, -0.2) is 35.1 Å². The van der Waals surface area contributed by atoms with Gasteiger partial charge in [0.15, 0.2) is 0 Å². The van der Waals surface area contributed by atoms with Crippen molar-refractivity contribution in [1.29, 1.82) is 0 Å². The SMILES string of the molecule is CCCC(C(=O)NC=O)N1C(=O)c2ccc(C)cc2C1=O.CCCC(C)CCC(C)C. The van der Waals surface area contributed by atoms with E-state index in [0.717, 1.165) is 22.3 Å². The van der Waals surface area contributed by atoms with Crippen molar-refractivity contribution in [3.05, 3.63) is 34.9 Å². The smallest absolute Gasteiger partial charge is 0.262 e. The van der Waals surface area contributed by atoms with Crippen molar-refractivity contribution in [3.63, 3.8) is 0 Å². The normalized spacial score (nSPS) is 14.6. The summed E-state index contributed by atoms with van der Waals surface area (Å²) in [6.07, 6.45) is 6.75. The lowest BCUT2D eigenvalue weighted by molar-refractivity contribution is -0.128. The molecule has 1 aliphatic rings. The third-order valence-corrected chi connectivity index (χ3v) is 5.47. The van der Waals surface area contributed by atoms with E-state index in [2.05, 4.69) is 27.7 Å². The molecule has 0 radical (unpaired) electrons. The van der Waals surface area contributed by atoms with Crippen LogP contribution in [-0.2, 0) is 9.59 Å². The highest BCUT2D eigenvalue weighted by molar-refractivity contribution is 6.23. The molecule has 2 unspecified atom stereocenters. The largest absolute Gasteiger partial charge is 0.297 e. The van der Waals surface area contributed by atoms with E-state index >= 15 is 0 Å². The summed E-state index contributed by atoms with van der Waals surface area (Å²) < 4.78 is 0. The monoisotopic (exact) mass is 430 g/mol. The summed E-state index contributed by atoms with van der Waals surface area (Å²) in [7, 11) is 0. The Hall–Kier alpha value is -2.50. The van der Waals surface area contributed by atoms with Crippen molar-refractivity contribution in [2.24, 2.45) is 11.8 Å². The fraction of sp³-hybridized carbons (Fsp3) is 0.600. The van der Waals surface area contributed by atoms with E-state index in [0.29, 0.717) is 24.0 Å². The molecule has 1 aliphatic heterocycles. The van der Waals surface area contributed by atoms with E-state index in [-0.39, 0.29) is 6.41 Å². The van der Waals surface area contributed by atoms with E-state index in [1.54, 1.807) is 18.2 Å². The van der Waals surface area contributed by atoms with Gasteiger partial charge in [0.05, 0.1) is 11.1 Å². The van der Waals surface area contributed by atoms with Gasteiger partial charge < -0.3 is 0 Å². The van der Waals surface area contributed by atoms with Crippen LogP contribution in [0.5, 0.6) is 0 Å². The van der Waals surface area contributed by atoms with Crippen molar-refractivity contribution in [1.82, 2.24) is 10.2 Å². The molecule has 2 rings (SSSR count). The van der Waals surface area contributed by atoms with Crippen LogP contribution in [0.15, 0.2) is 18.2 Å². The van der Waals surface area contributed by atoms with Crippen molar-refractivity contribution in [2.75, 3.05) is 0 Å². The van der Waals surface area contributed by atoms with Gasteiger partial charge in [-0.25, -0.2) is 0 Å². The third kappa shape index (κ3) is 7.60. The molecule has 4 amide bonds. The Balaban J connectivity index is 0.000000407. The zero-order valence-electron chi connectivity index (χ0n) is 19.9. The molecule has 2 atom stereocenters. The standard InChI is InChI=1S/C15H16N2O4.C10H22/c1-3-4-12(13(19)16-8-18)17-14(20)10-6-5-9(2)7-11(10)15(17)21;1-5-6-10(4)8-7-9(2)3/h5-8,12H,3-4H2,1-2H3,(H,16,18,19);9-10H,5-8H2,1-4H3. The maximum Gasteiger partial charge on any atom is 0.262 e. The summed E-state index contributed by atoms with van der Waals surface area (Å²) in [5.41, 5.74) is 1.46. The van der Waals surface area contributed by atoms with Crippen LogP contribution in [0.25, 0.3) is 0 Å². The maximum atomic E-state index is 12.4. The molecule has 6 nitrogen and oxygen atoms in total. The van der Waals surface area contributed by atoms with Gasteiger partial charge in [0.2, 0.25) is 12.3 Å². The van der Waals surface area contributed by atoms with Crippen LogP contribution in [0.1, 0.15) is 99.4 Å². The number of fused-ring (bicyclic) bond motifs is 1. The van der Waals surface area contributed by atoms with Gasteiger partial charge in [0.1, 0.15) is 6.04 Å². The van der Waals surface area contributed by atoms with Gasteiger partial charge in [-0.2, -0.15) is 0 Å². The number of carbonyl (C=O) groups excluding carboxylic acids is 4. The lowest BCUT2D eigenvalue weighted by atomic mass is 9.96. The molecule has 0 fully saturated rings. The summed E-state index contributed by atoms with van der Waals surface area (Å²) in [4.78, 5) is 48.1. The van der Waals surface area contributed by atoms with E-state index < -0.39 is 23.8 Å². The van der Waals surface area contributed by atoms with Crippen LogP contribution in [0, 0.1) is 18.8 Å². The molecule has 172 valence electrons. The highest BCUT2D eigenvalue weighted by Gasteiger charge is 2.42. The lowest BCUT2D eigenvalue weighted by Gasteiger charge is -2.23. The molecule has 0 saturated heterocycles. The molecule has 0 spiro atoms. The Morgan fingerprint density at radius 2 is 1.58 bits per heavy atom. The molecule has 0 aliphatic carbocycles. The van der Waals surface area contributed by atoms with Gasteiger partial charge in [-0.05, 0) is 37.3 Å². The molecule has 1 aromatic rings. The number of carbonyl (C=O) groups is 4. The van der Waals surface area contributed by atoms with E-state index in [1.165, 1.54) is 25.7 Å². The molecule has 6 heteroatoms. The predicted octanol–water partition coefficient (Wildman–Crippen LogP) is 4.89. The average Bonchev–Trinajstić information content (AvgIpc) is 2.95. The first-order valence-electron chi connectivity index (χ1n) is 11.4. The lowest BCUT2D eigenvalue weighted by Crippen LogP contribution is -2.49. The highest BCUT2D eigenvalue weighted by Crippen LogP contribution is 2.27. The summed E-state index contributed by atoms with van der Waals surface area (Å²) in [5, 5.41) is 2.02. The Kier molecular flexibility index (Phi) is 11.2. The van der Waals surface area contributed by atoms with Gasteiger partial charge in [0.25, 0.3) is 11.8 Å². The number of hydrogen-bond acceptors (Lipinski definition) is 4. The minimum atomic E-state index is -0.965. The summed E-state index contributed by atoms with van der Waals surface area (Å²) in [5.74, 6) is 0.220. The molecule has 0 aromatic heterocycles. The molecule has 0 bridgehead atoms.